The lowest BCUT2D eigenvalue weighted by Gasteiger charge is -2.21. The average Bonchev–Trinajstić information content (AvgIpc) is 2.16. The SMILES string of the molecule is CC(C)S(=O)(=O)c1ccccc1C(C)(C)I. The lowest BCUT2D eigenvalue weighted by atomic mass is 10.0. The van der Waals surface area contributed by atoms with Gasteiger partial charge in [0.2, 0.25) is 0 Å². The molecular formula is C12H17IO2S. The molecule has 0 aliphatic carbocycles. The molecule has 1 aromatic rings. The lowest BCUT2D eigenvalue weighted by Crippen LogP contribution is -2.19. The molecule has 0 unspecified atom stereocenters. The predicted octanol–water partition coefficient (Wildman–Crippen LogP) is 3.54. The Morgan fingerprint density at radius 1 is 1.19 bits per heavy atom. The van der Waals surface area contributed by atoms with Gasteiger partial charge in [-0.2, -0.15) is 0 Å². The third-order valence-corrected chi connectivity index (χ3v) is 5.25. The second kappa shape index (κ2) is 4.64. The third-order valence-electron chi connectivity index (χ3n) is 2.45. The molecule has 0 heterocycles. The Morgan fingerprint density at radius 2 is 1.69 bits per heavy atom. The summed E-state index contributed by atoms with van der Waals surface area (Å²) in [5.74, 6) is 0. The zero-order valence-corrected chi connectivity index (χ0v) is 13.0. The van der Waals surface area contributed by atoms with Crippen LogP contribution >= 0.6 is 22.6 Å². The van der Waals surface area contributed by atoms with E-state index >= 15 is 0 Å². The van der Waals surface area contributed by atoms with E-state index in [-0.39, 0.29) is 8.67 Å². The summed E-state index contributed by atoms with van der Waals surface area (Å²) in [6.45, 7) is 7.46. The summed E-state index contributed by atoms with van der Waals surface area (Å²) in [7, 11) is -3.20. The maximum absolute atomic E-state index is 12.2. The van der Waals surface area contributed by atoms with Crippen molar-refractivity contribution in [1.82, 2.24) is 0 Å². The van der Waals surface area contributed by atoms with Crippen LogP contribution in [0, 0.1) is 0 Å². The molecule has 0 fully saturated rings. The van der Waals surface area contributed by atoms with Crippen molar-refractivity contribution in [3.8, 4) is 0 Å². The van der Waals surface area contributed by atoms with Crippen LogP contribution in [0.15, 0.2) is 29.2 Å². The number of alkyl halides is 1. The van der Waals surface area contributed by atoms with E-state index in [0.29, 0.717) is 4.90 Å². The second-order valence-electron chi connectivity index (χ2n) is 4.56. The van der Waals surface area contributed by atoms with Gasteiger partial charge in [0.1, 0.15) is 0 Å². The molecule has 0 saturated heterocycles. The van der Waals surface area contributed by atoms with Gasteiger partial charge in [-0.3, -0.25) is 0 Å². The molecule has 1 rings (SSSR count). The summed E-state index contributed by atoms with van der Waals surface area (Å²) in [6.07, 6.45) is 0. The van der Waals surface area contributed by atoms with Crippen LogP contribution in [0.3, 0.4) is 0 Å². The Morgan fingerprint density at radius 3 is 2.12 bits per heavy atom. The molecule has 0 saturated carbocycles. The van der Waals surface area contributed by atoms with Crippen molar-refractivity contribution in [2.24, 2.45) is 0 Å². The summed E-state index contributed by atoms with van der Waals surface area (Å²) in [5, 5.41) is -0.382. The monoisotopic (exact) mass is 352 g/mol. The van der Waals surface area contributed by atoms with Crippen LogP contribution < -0.4 is 0 Å². The summed E-state index contributed by atoms with van der Waals surface area (Å²) in [4.78, 5) is 0.462. The van der Waals surface area contributed by atoms with E-state index in [0.717, 1.165) is 5.56 Å². The summed E-state index contributed by atoms with van der Waals surface area (Å²) >= 11 is 2.27. The molecule has 0 atom stereocenters. The second-order valence-corrected chi connectivity index (χ2v) is 9.73. The fourth-order valence-corrected chi connectivity index (χ4v) is 3.52. The molecule has 0 aliphatic rings. The molecule has 0 radical (unpaired) electrons. The van der Waals surface area contributed by atoms with Crippen molar-refractivity contribution in [1.29, 1.82) is 0 Å². The Kier molecular flexibility index (Phi) is 4.05. The number of rotatable bonds is 3. The van der Waals surface area contributed by atoms with Crippen molar-refractivity contribution in [3.05, 3.63) is 29.8 Å². The molecule has 2 nitrogen and oxygen atoms in total. The van der Waals surface area contributed by atoms with Crippen LogP contribution in [0.2, 0.25) is 0 Å². The fraction of sp³-hybridized carbons (Fsp3) is 0.500. The first-order chi connectivity index (χ1) is 7.17. The molecule has 0 aromatic heterocycles. The highest BCUT2D eigenvalue weighted by molar-refractivity contribution is 14.1. The first-order valence-electron chi connectivity index (χ1n) is 5.19. The fourth-order valence-electron chi connectivity index (χ4n) is 1.46. The Balaban J connectivity index is 3.48. The van der Waals surface area contributed by atoms with E-state index in [1.54, 1.807) is 26.0 Å². The van der Waals surface area contributed by atoms with Gasteiger partial charge in [-0.15, -0.1) is 0 Å². The molecule has 4 heteroatoms. The molecule has 16 heavy (non-hydrogen) atoms. The summed E-state index contributed by atoms with van der Waals surface area (Å²) < 4.78 is 24.2. The zero-order valence-electron chi connectivity index (χ0n) is 9.99. The normalized spacial score (nSPS) is 13.1. The highest BCUT2D eigenvalue weighted by Crippen LogP contribution is 2.35. The first-order valence-corrected chi connectivity index (χ1v) is 7.82. The standard InChI is InChI=1S/C12H17IO2S/c1-9(2)16(14,15)11-8-6-5-7-10(11)12(3,4)13/h5-9H,1-4H3. The van der Waals surface area contributed by atoms with Crippen molar-refractivity contribution in [3.63, 3.8) is 0 Å². The number of halogens is 1. The first kappa shape index (κ1) is 14.0. The molecular weight excluding hydrogens is 335 g/mol. The number of hydrogen-bond donors (Lipinski definition) is 0. The molecule has 0 amide bonds. The Labute approximate surface area is 112 Å². The van der Waals surface area contributed by atoms with E-state index in [4.69, 9.17) is 0 Å². The minimum Gasteiger partial charge on any atom is -0.223 e. The van der Waals surface area contributed by atoms with Gasteiger partial charge in [-0.05, 0) is 39.3 Å². The van der Waals surface area contributed by atoms with Crippen LogP contribution in [-0.2, 0) is 13.3 Å². The van der Waals surface area contributed by atoms with Gasteiger partial charge in [-0.25, -0.2) is 8.42 Å². The molecule has 1 aromatic carbocycles. The number of sulfone groups is 1. The van der Waals surface area contributed by atoms with Gasteiger partial charge >= 0.3 is 0 Å². The van der Waals surface area contributed by atoms with Gasteiger partial charge in [-0.1, -0.05) is 40.8 Å². The average molecular weight is 352 g/mol. The molecule has 0 spiro atoms. The quantitative estimate of drug-likeness (QED) is 0.616. The minimum atomic E-state index is -3.20. The summed E-state index contributed by atoms with van der Waals surface area (Å²) in [6, 6.07) is 7.25. The lowest BCUT2D eigenvalue weighted by molar-refractivity contribution is 0.584. The van der Waals surface area contributed by atoms with Gasteiger partial charge in [0.05, 0.1) is 10.1 Å². The molecule has 0 N–H and O–H groups in total. The van der Waals surface area contributed by atoms with Crippen molar-refractivity contribution in [2.75, 3.05) is 0 Å². The minimum absolute atomic E-state index is 0.184. The predicted molar refractivity (Wildman–Crippen MR) is 75.8 cm³/mol. The van der Waals surface area contributed by atoms with Gasteiger partial charge in [0.15, 0.2) is 9.84 Å². The topological polar surface area (TPSA) is 34.1 Å². The van der Waals surface area contributed by atoms with Crippen molar-refractivity contribution >= 4 is 32.4 Å². The molecule has 0 bridgehead atoms. The van der Waals surface area contributed by atoms with E-state index in [2.05, 4.69) is 22.6 Å². The van der Waals surface area contributed by atoms with E-state index in [1.807, 2.05) is 26.0 Å². The zero-order chi connectivity index (χ0) is 12.6. The molecule has 0 aliphatic heterocycles. The van der Waals surface area contributed by atoms with Crippen LogP contribution in [0.25, 0.3) is 0 Å². The van der Waals surface area contributed by atoms with E-state index in [9.17, 15) is 8.42 Å². The summed E-state index contributed by atoms with van der Waals surface area (Å²) in [5.41, 5.74) is 0.879. The third kappa shape index (κ3) is 2.77. The smallest absolute Gasteiger partial charge is 0.181 e. The van der Waals surface area contributed by atoms with Crippen LogP contribution in [0.1, 0.15) is 33.3 Å². The maximum atomic E-state index is 12.2. The van der Waals surface area contributed by atoms with Crippen molar-refractivity contribution < 1.29 is 8.42 Å². The van der Waals surface area contributed by atoms with Gasteiger partial charge in [0, 0.05) is 3.42 Å². The number of benzene rings is 1. The van der Waals surface area contributed by atoms with E-state index < -0.39 is 9.84 Å². The Bertz CT molecular complexity index is 470. The number of hydrogen-bond acceptors (Lipinski definition) is 2. The maximum Gasteiger partial charge on any atom is 0.181 e. The largest absolute Gasteiger partial charge is 0.223 e. The van der Waals surface area contributed by atoms with Gasteiger partial charge < -0.3 is 0 Å². The van der Waals surface area contributed by atoms with Crippen LogP contribution in [0.5, 0.6) is 0 Å². The highest BCUT2D eigenvalue weighted by atomic mass is 127. The highest BCUT2D eigenvalue weighted by Gasteiger charge is 2.28. The van der Waals surface area contributed by atoms with E-state index in [1.165, 1.54) is 0 Å². The molecule has 90 valence electrons. The van der Waals surface area contributed by atoms with Crippen molar-refractivity contribution in [2.45, 2.75) is 41.3 Å². The Hall–Kier alpha value is -0.100. The van der Waals surface area contributed by atoms with Gasteiger partial charge in [0.25, 0.3) is 0 Å². The van der Waals surface area contributed by atoms with Crippen LogP contribution in [-0.4, -0.2) is 13.7 Å². The van der Waals surface area contributed by atoms with Crippen LogP contribution in [0.4, 0.5) is 0 Å².